The second-order valence-electron chi connectivity index (χ2n) is 7.90. The number of aliphatic hydroxyl groups excluding tert-OH is 1. The maximum atomic E-state index is 14.0. The molecule has 2 atom stereocenters. The topological polar surface area (TPSA) is 103 Å². The minimum absolute atomic E-state index is 0.150. The van der Waals surface area contributed by atoms with Gasteiger partial charge in [0.05, 0.1) is 5.56 Å². The van der Waals surface area contributed by atoms with E-state index >= 15 is 0 Å². The first-order valence-corrected chi connectivity index (χ1v) is 10.2. The van der Waals surface area contributed by atoms with Crippen molar-refractivity contribution in [1.29, 1.82) is 0 Å². The Labute approximate surface area is 188 Å². The number of benzene rings is 2. The third-order valence-corrected chi connectivity index (χ3v) is 5.89. The molecule has 4 rings (SSSR count). The Morgan fingerprint density at radius 3 is 2.26 bits per heavy atom. The molecule has 180 valence electrons. The molecule has 4 N–H and O–H groups in total. The number of hydrogen-bond donors (Lipinski definition) is 4. The monoisotopic (exact) mass is 483 g/mol. The maximum Gasteiger partial charge on any atom is 0.200 e. The van der Waals surface area contributed by atoms with Gasteiger partial charge in [-0.25, -0.2) is 22.0 Å². The molecule has 0 aliphatic carbocycles. The van der Waals surface area contributed by atoms with E-state index in [1.54, 1.807) is 0 Å². The second kappa shape index (κ2) is 9.07. The van der Waals surface area contributed by atoms with Gasteiger partial charge < -0.3 is 25.1 Å². The normalized spacial score (nSPS) is 18.8. The molecule has 1 aliphatic rings. The van der Waals surface area contributed by atoms with Crippen molar-refractivity contribution in [3.63, 3.8) is 0 Å². The average Bonchev–Trinajstić information content (AvgIpc) is 2.81. The summed E-state index contributed by atoms with van der Waals surface area (Å²) >= 11 is 0. The number of halogens is 5. The Balaban J connectivity index is 1.90. The summed E-state index contributed by atoms with van der Waals surface area (Å²) in [6, 6.07) is 1.84. The van der Waals surface area contributed by atoms with Crippen LogP contribution in [0.5, 0.6) is 11.5 Å². The number of aliphatic hydroxyl groups is 1. The third-order valence-electron chi connectivity index (χ3n) is 5.89. The standard InChI is InChI=1S/C23H18F5NO5/c24-18-12(19(25)21(27)22(28)20(18)26)2-1-10-5-13(31)17-15(33)6-14(32)16(23(17)34-10)11-3-4-29-7-9(11)8-30/h1-2,5-6,9,11,29-30,32-33H,3-4,7-8H2. The fourth-order valence-electron chi connectivity index (χ4n) is 4.21. The molecule has 1 aromatic heterocycles. The van der Waals surface area contributed by atoms with Crippen LogP contribution >= 0.6 is 0 Å². The van der Waals surface area contributed by atoms with Gasteiger partial charge in [-0.05, 0) is 31.0 Å². The van der Waals surface area contributed by atoms with Crippen molar-refractivity contribution in [2.24, 2.45) is 5.92 Å². The van der Waals surface area contributed by atoms with Crippen molar-refractivity contribution in [3.8, 4) is 11.5 Å². The molecule has 0 bridgehead atoms. The fourth-order valence-corrected chi connectivity index (χ4v) is 4.21. The van der Waals surface area contributed by atoms with E-state index in [4.69, 9.17) is 4.42 Å². The quantitative estimate of drug-likeness (QED) is 0.256. The molecule has 2 aromatic carbocycles. The van der Waals surface area contributed by atoms with E-state index in [9.17, 15) is 42.1 Å². The Kier molecular flexibility index (Phi) is 6.32. The highest BCUT2D eigenvalue weighted by molar-refractivity contribution is 5.89. The highest BCUT2D eigenvalue weighted by atomic mass is 19.2. The summed E-state index contributed by atoms with van der Waals surface area (Å²) in [6.45, 7) is 0.698. The molecule has 0 spiro atoms. The molecule has 1 fully saturated rings. The Morgan fingerprint density at radius 1 is 0.971 bits per heavy atom. The van der Waals surface area contributed by atoms with Gasteiger partial charge in [-0.3, -0.25) is 4.79 Å². The maximum absolute atomic E-state index is 14.0. The first-order valence-electron chi connectivity index (χ1n) is 10.2. The van der Waals surface area contributed by atoms with Gasteiger partial charge in [0, 0.05) is 36.8 Å². The Hall–Kier alpha value is -3.44. The van der Waals surface area contributed by atoms with E-state index < -0.39 is 51.7 Å². The fraction of sp³-hybridized carbons (Fsp3) is 0.261. The summed E-state index contributed by atoms with van der Waals surface area (Å²) < 4.78 is 73.8. The van der Waals surface area contributed by atoms with E-state index in [2.05, 4.69) is 5.32 Å². The highest BCUT2D eigenvalue weighted by Crippen LogP contribution is 2.43. The van der Waals surface area contributed by atoms with E-state index in [1.165, 1.54) is 0 Å². The summed E-state index contributed by atoms with van der Waals surface area (Å²) in [5.41, 5.74) is -2.08. The zero-order valence-corrected chi connectivity index (χ0v) is 17.3. The average molecular weight is 483 g/mol. The molecule has 1 saturated heterocycles. The summed E-state index contributed by atoms with van der Waals surface area (Å²) in [5.74, 6) is -12.8. The van der Waals surface area contributed by atoms with Crippen LogP contribution < -0.4 is 10.7 Å². The Bertz CT molecular complexity index is 1340. The van der Waals surface area contributed by atoms with Gasteiger partial charge in [-0.2, -0.15) is 0 Å². The number of piperidine rings is 1. The molecule has 3 aromatic rings. The number of rotatable bonds is 4. The minimum atomic E-state index is -2.31. The number of aromatic hydroxyl groups is 2. The van der Waals surface area contributed by atoms with Crippen LogP contribution in [0, 0.1) is 35.0 Å². The number of fused-ring (bicyclic) bond motifs is 1. The van der Waals surface area contributed by atoms with E-state index in [0.717, 1.165) is 18.2 Å². The lowest BCUT2D eigenvalue weighted by molar-refractivity contribution is 0.178. The molecule has 2 heterocycles. The lowest BCUT2D eigenvalue weighted by atomic mass is 9.80. The molecule has 6 nitrogen and oxygen atoms in total. The van der Waals surface area contributed by atoms with Gasteiger partial charge in [0.15, 0.2) is 28.7 Å². The summed E-state index contributed by atoms with van der Waals surface area (Å²) in [5, 5.41) is 33.3. The molecule has 34 heavy (non-hydrogen) atoms. The number of hydrogen-bond acceptors (Lipinski definition) is 6. The van der Waals surface area contributed by atoms with E-state index in [1.807, 2.05) is 0 Å². The van der Waals surface area contributed by atoms with Crippen LogP contribution in [0.25, 0.3) is 23.1 Å². The molecule has 1 aliphatic heterocycles. The number of nitrogens with one attached hydrogen (secondary N) is 1. The van der Waals surface area contributed by atoms with Gasteiger partial charge in [0.2, 0.25) is 5.82 Å². The largest absolute Gasteiger partial charge is 0.507 e. The second-order valence-corrected chi connectivity index (χ2v) is 7.90. The lowest BCUT2D eigenvalue weighted by Gasteiger charge is -2.31. The zero-order chi connectivity index (χ0) is 24.7. The van der Waals surface area contributed by atoms with Crippen molar-refractivity contribution >= 4 is 23.1 Å². The molecule has 11 heteroatoms. The van der Waals surface area contributed by atoms with Crippen LogP contribution in [0.4, 0.5) is 22.0 Å². The minimum Gasteiger partial charge on any atom is -0.507 e. The van der Waals surface area contributed by atoms with Crippen LogP contribution in [-0.2, 0) is 0 Å². The number of phenols is 2. The molecular weight excluding hydrogens is 465 g/mol. The summed E-state index contributed by atoms with van der Waals surface area (Å²) in [7, 11) is 0. The predicted octanol–water partition coefficient (Wildman–Crippen LogP) is 3.76. The predicted molar refractivity (Wildman–Crippen MR) is 112 cm³/mol. The van der Waals surface area contributed by atoms with Crippen LogP contribution in [0.15, 0.2) is 21.3 Å². The van der Waals surface area contributed by atoms with Crippen LogP contribution in [0.3, 0.4) is 0 Å². The van der Waals surface area contributed by atoms with Gasteiger partial charge in [0.1, 0.15) is 28.2 Å². The van der Waals surface area contributed by atoms with Crippen LogP contribution in [-0.4, -0.2) is 35.0 Å². The molecule has 0 radical (unpaired) electrons. The molecule has 0 amide bonds. The van der Waals surface area contributed by atoms with Crippen molar-refractivity contribution in [2.45, 2.75) is 12.3 Å². The van der Waals surface area contributed by atoms with E-state index in [-0.39, 0.29) is 40.6 Å². The SMILES string of the molecule is O=c1cc(C=Cc2c(F)c(F)c(F)c(F)c2F)oc2c(C3CCNCC3CO)c(O)cc(O)c12. The molecule has 0 saturated carbocycles. The van der Waals surface area contributed by atoms with Crippen LogP contribution in [0.2, 0.25) is 0 Å². The lowest BCUT2D eigenvalue weighted by Crippen LogP contribution is -2.37. The first-order chi connectivity index (χ1) is 16.1. The molecule has 2 unspecified atom stereocenters. The smallest absolute Gasteiger partial charge is 0.200 e. The number of phenolic OH excluding ortho intramolecular Hbond substituents is 2. The van der Waals surface area contributed by atoms with Gasteiger partial charge in [-0.15, -0.1) is 0 Å². The van der Waals surface area contributed by atoms with Gasteiger partial charge in [-0.1, -0.05) is 0 Å². The first kappa shape index (κ1) is 23.7. The zero-order valence-electron chi connectivity index (χ0n) is 17.3. The van der Waals surface area contributed by atoms with Crippen molar-refractivity contribution < 1.29 is 41.7 Å². The van der Waals surface area contributed by atoms with Gasteiger partial charge >= 0.3 is 0 Å². The van der Waals surface area contributed by atoms with Crippen LogP contribution in [0.1, 0.15) is 29.2 Å². The van der Waals surface area contributed by atoms with E-state index in [0.29, 0.717) is 25.6 Å². The third kappa shape index (κ3) is 3.90. The Morgan fingerprint density at radius 2 is 1.62 bits per heavy atom. The molecular formula is C23H18F5NO5. The van der Waals surface area contributed by atoms with Gasteiger partial charge in [0.25, 0.3) is 0 Å². The van der Waals surface area contributed by atoms with Crippen molar-refractivity contribution in [3.05, 3.63) is 68.3 Å². The van der Waals surface area contributed by atoms with Crippen molar-refractivity contribution in [1.82, 2.24) is 5.32 Å². The highest BCUT2D eigenvalue weighted by Gasteiger charge is 2.32. The summed E-state index contributed by atoms with van der Waals surface area (Å²) in [6.07, 6.45) is 1.84. The summed E-state index contributed by atoms with van der Waals surface area (Å²) in [4.78, 5) is 12.7. The van der Waals surface area contributed by atoms with Crippen molar-refractivity contribution in [2.75, 3.05) is 19.7 Å².